The van der Waals surface area contributed by atoms with E-state index >= 15 is 0 Å². The number of carbonyl (C=O) groups excluding carboxylic acids is 1. The summed E-state index contributed by atoms with van der Waals surface area (Å²) in [6.07, 6.45) is 1.48. The first-order chi connectivity index (χ1) is 15.3. The van der Waals surface area contributed by atoms with Crippen LogP contribution in [0.25, 0.3) is 6.08 Å². The van der Waals surface area contributed by atoms with Gasteiger partial charge in [0.1, 0.15) is 24.0 Å². The van der Waals surface area contributed by atoms with E-state index in [0.29, 0.717) is 37.6 Å². The molecule has 0 aliphatic carbocycles. The molecular formula is C24H16BrCl3N2O2. The number of carbonyl (C=O) groups is 1. The first-order valence-corrected chi connectivity index (χ1v) is 11.3. The van der Waals surface area contributed by atoms with Crippen molar-refractivity contribution in [3.05, 3.63) is 96.4 Å². The molecule has 0 saturated carbocycles. The molecule has 3 aromatic rings. The maximum Gasteiger partial charge on any atom is 0.266 e. The second-order valence-electron chi connectivity index (χ2n) is 6.76. The number of hydrogen-bond acceptors (Lipinski definition) is 3. The highest BCUT2D eigenvalue weighted by Gasteiger charge is 2.14. The van der Waals surface area contributed by atoms with Crippen LogP contribution in [-0.2, 0) is 11.4 Å². The summed E-state index contributed by atoms with van der Waals surface area (Å²) in [5.41, 5.74) is 2.56. The molecule has 0 aliphatic rings. The van der Waals surface area contributed by atoms with Crippen molar-refractivity contribution in [1.29, 1.82) is 5.26 Å². The van der Waals surface area contributed by atoms with Gasteiger partial charge < -0.3 is 10.1 Å². The number of benzene rings is 3. The van der Waals surface area contributed by atoms with Crippen LogP contribution < -0.4 is 10.1 Å². The number of anilines is 1. The van der Waals surface area contributed by atoms with Crippen molar-refractivity contribution in [3.8, 4) is 11.8 Å². The fourth-order valence-electron chi connectivity index (χ4n) is 2.79. The molecular weight excluding hydrogens is 535 g/mol. The molecule has 8 heteroatoms. The first kappa shape index (κ1) is 24.2. The summed E-state index contributed by atoms with van der Waals surface area (Å²) in [7, 11) is 0. The van der Waals surface area contributed by atoms with E-state index in [2.05, 4.69) is 21.2 Å². The Morgan fingerprint density at radius 1 is 1.09 bits per heavy atom. The van der Waals surface area contributed by atoms with Crippen molar-refractivity contribution >= 4 is 68.4 Å². The topological polar surface area (TPSA) is 62.1 Å². The van der Waals surface area contributed by atoms with E-state index in [9.17, 15) is 10.1 Å². The van der Waals surface area contributed by atoms with Crippen LogP contribution in [0.3, 0.4) is 0 Å². The fourth-order valence-corrected chi connectivity index (χ4v) is 3.66. The Hall–Kier alpha value is -2.49. The summed E-state index contributed by atoms with van der Waals surface area (Å²) in [4.78, 5) is 12.7. The molecule has 3 aromatic carbocycles. The quantitative estimate of drug-likeness (QED) is 0.251. The predicted octanol–water partition coefficient (Wildman–Crippen LogP) is 7.84. The summed E-state index contributed by atoms with van der Waals surface area (Å²) >= 11 is 21.6. The van der Waals surface area contributed by atoms with Gasteiger partial charge in [-0.1, -0.05) is 62.9 Å². The van der Waals surface area contributed by atoms with Crippen molar-refractivity contribution in [1.82, 2.24) is 0 Å². The highest BCUT2D eigenvalue weighted by Crippen LogP contribution is 2.29. The summed E-state index contributed by atoms with van der Waals surface area (Å²) in [5, 5.41) is 13.7. The molecule has 0 atom stereocenters. The molecule has 0 heterocycles. The monoisotopic (exact) mass is 548 g/mol. The van der Waals surface area contributed by atoms with E-state index in [0.717, 1.165) is 10.0 Å². The van der Waals surface area contributed by atoms with Crippen LogP contribution in [0.4, 0.5) is 5.69 Å². The minimum absolute atomic E-state index is 0.0816. The Kier molecular flexibility index (Phi) is 8.22. The van der Waals surface area contributed by atoms with Gasteiger partial charge in [0.05, 0.1) is 10.0 Å². The van der Waals surface area contributed by atoms with Gasteiger partial charge in [-0.3, -0.25) is 4.79 Å². The van der Waals surface area contributed by atoms with E-state index in [1.807, 2.05) is 18.2 Å². The maximum atomic E-state index is 12.7. The molecule has 162 valence electrons. The molecule has 0 unspecified atom stereocenters. The van der Waals surface area contributed by atoms with Crippen LogP contribution in [0.15, 0.2) is 64.6 Å². The number of nitrogens with one attached hydrogen (secondary N) is 1. The average molecular weight is 551 g/mol. The Bertz CT molecular complexity index is 1250. The summed E-state index contributed by atoms with van der Waals surface area (Å²) in [5.74, 6) is -0.0490. The van der Waals surface area contributed by atoms with Crippen LogP contribution in [0.5, 0.6) is 5.75 Å². The minimum atomic E-state index is -0.548. The molecule has 0 bridgehead atoms. The van der Waals surface area contributed by atoms with Crippen molar-refractivity contribution in [2.45, 2.75) is 13.5 Å². The van der Waals surface area contributed by atoms with Gasteiger partial charge in [0.15, 0.2) is 0 Å². The van der Waals surface area contributed by atoms with Gasteiger partial charge >= 0.3 is 0 Å². The number of halogens is 4. The van der Waals surface area contributed by atoms with Gasteiger partial charge in [-0.2, -0.15) is 5.26 Å². The number of amides is 1. The van der Waals surface area contributed by atoms with Crippen LogP contribution in [0.1, 0.15) is 16.7 Å². The number of ether oxygens (including phenoxy) is 1. The highest BCUT2D eigenvalue weighted by molar-refractivity contribution is 9.10. The lowest BCUT2D eigenvalue weighted by Gasteiger charge is -2.12. The third-order valence-corrected chi connectivity index (χ3v) is 6.17. The Balaban J connectivity index is 1.85. The van der Waals surface area contributed by atoms with Crippen molar-refractivity contribution in [3.63, 3.8) is 0 Å². The lowest BCUT2D eigenvalue weighted by molar-refractivity contribution is -0.112. The standard InChI is InChI=1S/C24H16BrCl3N2O2/c1-14-19(26)3-2-4-22(14)30-24(31)17(12-29)10-16-11-18(25)6-8-23(16)32-13-15-5-7-20(27)21(28)9-15/h2-11H,13H2,1H3,(H,30,31)/b17-10-. The SMILES string of the molecule is Cc1c(Cl)cccc1NC(=O)/C(C#N)=C\c1cc(Br)ccc1OCc1ccc(Cl)c(Cl)c1. The second-order valence-corrected chi connectivity index (χ2v) is 8.89. The fraction of sp³-hybridized carbons (Fsp3) is 0.0833. The van der Waals surface area contributed by atoms with Gasteiger partial charge in [-0.05, 0) is 66.6 Å². The molecule has 1 N–H and O–H groups in total. The first-order valence-electron chi connectivity index (χ1n) is 9.33. The van der Waals surface area contributed by atoms with Gasteiger partial charge in [0.2, 0.25) is 0 Å². The largest absolute Gasteiger partial charge is 0.488 e. The zero-order valence-corrected chi connectivity index (χ0v) is 20.6. The Morgan fingerprint density at radius 3 is 2.59 bits per heavy atom. The van der Waals surface area contributed by atoms with Crippen LogP contribution in [0.2, 0.25) is 15.1 Å². The minimum Gasteiger partial charge on any atom is -0.488 e. The number of hydrogen-bond donors (Lipinski definition) is 1. The normalized spacial score (nSPS) is 11.1. The molecule has 0 aromatic heterocycles. The van der Waals surface area contributed by atoms with Gasteiger partial charge in [-0.25, -0.2) is 0 Å². The maximum absolute atomic E-state index is 12.7. The lowest BCUT2D eigenvalue weighted by Crippen LogP contribution is -2.14. The molecule has 1 amide bonds. The third kappa shape index (κ3) is 6.05. The molecule has 4 nitrogen and oxygen atoms in total. The van der Waals surface area contributed by atoms with E-state index in [-0.39, 0.29) is 12.2 Å². The predicted molar refractivity (Wildman–Crippen MR) is 133 cm³/mol. The van der Waals surface area contributed by atoms with Crippen molar-refractivity contribution < 1.29 is 9.53 Å². The molecule has 0 radical (unpaired) electrons. The highest BCUT2D eigenvalue weighted by atomic mass is 79.9. The van der Waals surface area contributed by atoms with E-state index < -0.39 is 5.91 Å². The zero-order chi connectivity index (χ0) is 23.3. The lowest BCUT2D eigenvalue weighted by atomic mass is 10.1. The molecule has 0 spiro atoms. The smallest absolute Gasteiger partial charge is 0.266 e. The molecule has 0 saturated heterocycles. The van der Waals surface area contributed by atoms with E-state index in [4.69, 9.17) is 39.5 Å². The summed E-state index contributed by atoms with van der Waals surface area (Å²) < 4.78 is 6.70. The van der Waals surface area contributed by atoms with E-state index in [1.165, 1.54) is 6.08 Å². The summed E-state index contributed by atoms with van der Waals surface area (Å²) in [6, 6.07) is 17.7. The molecule has 3 rings (SSSR count). The molecule has 0 fully saturated rings. The van der Waals surface area contributed by atoms with Gasteiger partial charge in [-0.15, -0.1) is 0 Å². The van der Waals surface area contributed by atoms with Crippen LogP contribution in [-0.4, -0.2) is 5.91 Å². The molecule has 0 aliphatic heterocycles. The number of nitriles is 1. The van der Waals surface area contributed by atoms with Crippen LogP contribution in [0, 0.1) is 18.3 Å². The Labute approximate surface area is 209 Å². The summed E-state index contributed by atoms with van der Waals surface area (Å²) in [6.45, 7) is 2.02. The second kappa shape index (κ2) is 10.9. The number of nitrogens with zero attached hydrogens (tertiary/aromatic N) is 1. The third-order valence-electron chi connectivity index (χ3n) is 4.53. The van der Waals surface area contributed by atoms with Gasteiger partial charge in [0.25, 0.3) is 5.91 Å². The van der Waals surface area contributed by atoms with Crippen molar-refractivity contribution in [2.24, 2.45) is 0 Å². The molecule has 32 heavy (non-hydrogen) atoms. The number of rotatable bonds is 6. The van der Waals surface area contributed by atoms with E-state index in [1.54, 1.807) is 49.4 Å². The average Bonchev–Trinajstić information content (AvgIpc) is 2.76. The van der Waals surface area contributed by atoms with Crippen LogP contribution >= 0.6 is 50.7 Å². The zero-order valence-electron chi connectivity index (χ0n) is 16.8. The Morgan fingerprint density at radius 2 is 1.88 bits per heavy atom. The van der Waals surface area contributed by atoms with Crippen molar-refractivity contribution in [2.75, 3.05) is 5.32 Å². The van der Waals surface area contributed by atoms with Gasteiger partial charge in [0, 0.05) is 20.7 Å².